The smallest absolute Gasteiger partial charge is 0.0540 e. The first-order valence-corrected chi connectivity index (χ1v) is 21.0. The van der Waals surface area contributed by atoms with Crippen LogP contribution in [-0.2, 0) is 0 Å². The Morgan fingerprint density at radius 3 is 1.34 bits per heavy atom. The summed E-state index contributed by atoms with van der Waals surface area (Å²) in [6.45, 7) is 0. The Bertz CT molecular complexity index is 3320. The molecular formula is C60H41N. The van der Waals surface area contributed by atoms with E-state index in [9.17, 15) is 0 Å². The third kappa shape index (κ3) is 6.83. The van der Waals surface area contributed by atoms with Crippen LogP contribution in [0.4, 0.5) is 17.1 Å². The lowest BCUT2D eigenvalue weighted by Crippen LogP contribution is -2.11. The summed E-state index contributed by atoms with van der Waals surface area (Å²) < 4.78 is 0. The minimum atomic E-state index is 1.09. The number of hydrogen-bond acceptors (Lipinski definition) is 1. The van der Waals surface area contributed by atoms with Gasteiger partial charge in [0, 0.05) is 16.9 Å². The number of rotatable bonds is 8. The number of hydrogen-bond donors (Lipinski definition) is 0. The molecule has 1 heteroatoms. The molecule has 0 bridgehead atoms. The van der Waals surface area contributed by atoms with E-state index in [1.807, 2.05) is 0 Å². The van der Waals surface area contributed by atoms with Gasteiger partial charge in [0.2, 0.25) is 0 Å². The second-order valence-corrected chi connectivity index (χ2v) is 15.7. The van der Waals surface area contributed by atoms with Gasteiger partial charge >= 0.3 is 0 Å². The summed E-state index contributed by atoms with van der Waals surface area (Å²) in [4.78, 5) is 2.42. The highest BCUT2D eigenvalue weighted by atomic mass is 15.1. The van der Waals surface area contributed by atoms with Gasteiger partial charge in [-0.2, -0.15) is 0 Å². The summed E-state index contributed by atoms with van der Waals surface area (Å²) in [5.74, 6) is 0. The van der Waals surface area contributed by atoms with Gasteiger partial charge in [0.1, 0.15) is 0 Å². The van der Waals surface area contributed by atoms with Gasteiger partial charge in [0.05, 0.1) is 5.69 Å². The van der Waals surface area contributed by atoms with Crippen LogP contribution < -0.4 is 4.90 Å². The van der Waals surface area contributed by atoms with Gasteiger partial charge in [-0.1, -0.05) is 212 Å². The van der Waals surface area contributed by atoms with Crippen LogP contribution in [-0.4, -0.2) is 0 Å². The van der Waals surface area contributed by atoms with Crippen LogP contribution in [0.15, 0.2) is 249 Å². The third-order valence-corrected chi connectivity index (χ3v) is 12.1. The molecule has 0 amide bonds. The molecule has 0 spiro atoms. The fraction of sp³-hybridized carbons (Fsp3) is 0. The van der Waals surface area contributed by atoms with Crippen molar-refractivity contribution >= 4 is 49.4 Å². The van der Waals surface area contributed by atoms with Crippen LogP contribution in [0.25, 0.3) is 88.0 Å². The predicted octanol–water partition coefficient (Wildman–Crippen LogP) is 17.0. The van der Waals surface area contributed by atoms with Gasteiger partial charge in [-0.25, -0.2) is 0 Å². The molecule has 0 aromatic heterocycles. The Hall–Kier alpha value is -8.00. The molecular weight excluding hydrogens is 735 g/mol. The van der Waals surface area contributed by atoms with Crippen LogP contribution in [0.5, 0.6) is 0 Å². The number of para-hydroxylation sites is 1. The van der Waals surface area contributed by atoms with E-state index in [2.05, 4.69) is 254 Å². The topological polar surface area (TPSA) is 3.24 Å². The Morgan fingerprint density at radius 2 is 0.672 bits per heavy atom. The van der Waals surface area contributed by atoms with E-state index in [0.717, 1.165) is 17.1 Å². The van der Waals surface area contributed by atoms with Gasteiger partial charge in [-0.3, -0.25) is 0 Å². The van der Waals surface area contributed by atoms with Gasteiger partial charge in [0.25, 0.3) is 0 Å². The van der Waals surface area contributed by atoms with Crippen LogP contribution in [0.3, 0.4) is 0 Å². The maximum absolute atomic E-state index is 2.42. The first-order chi connectivity index (χ1) is 30.2. The molecule has 0 aliphatic heterocycles. The average Bonchev–Trinajstić information content (AvgIpc) is 3.35. The van der Waals surface area contributed by atoms with E-state index in [1.165, 1.54) is 88.0 Å². The molecule has 11 aromatic rings. The lowest BCUT2D eigenvalue weighted by molar-refractivity contribution is 1.28. The normalized spacial score (nSPS) is 11.3. The van der Waals surface area contributed by atoms with Crippen molar-refractivity contribution in [1.29, 1.82) is 0 Å². The van der Waals surface area contributed by atoms with Crippen molar-refractivity contribution in [3.8, 4) is 55.6 Å². The van der Waals surface area contributed by atoms with E-state index < -0.39 is 0 Å². The average molecular weight is 776 g/mol. The second kappa shape index (κ2) is 15.6. The Labute approximate surface area is 357 Å². The van der Waals surface area contributed by atoms with Crippen molar-refractivity contribution in [2.45, 2.75) is 0 Å². The molecule has 0 radical (unpaired) electrons. The van der Waals surface area contributed by atoms with Crippen LogP contribution in [0, 0.1) is 0 Å². The molecule has 61 heavy (non-hydrogen) atoms. The van der Waals surface area contributed by atoms with Crippen molar-refractivity contribution in [3.05, 3.63) is 249 Å². The van der Waals surface area contributed by atoms with Crippen LogP contribution in [0.2, 0.25) is 0 Å². The molecule has 0 atom stereocenters. The molecule has 0 aliphatic carbocycles. The maximum Gasteiger partial charge on any atom is 0.0540 e. The zero-order valence-corrected chi connectivity index (χ0v) is 33.6. The maximum atomic E-state index is 2.42. The fourth-order valence-corrected chi connectivity index (χ4v) is 9.01. The van der Waals surface area contributed by atoms with Gasteiger partial charge in [-0.15, -0.1) is 0 Å². The first-order valence-electron chi connectivity index (χ1n) is 21.0. The van der Waals surface area contributed by atoms with Crippen LogP contribution >= 0.6 is 0 Å². The Balaban J connectivity index is 1.06. The van der Waals surface area contributed by atoms with Gasteiger partial charge in [0.15, 0.2) is 0 Å². The first kappa shape index (κ1) is 36.1. The Kier molecular flexibility index (Phi) is 9.26. The molecule has 1 nitrogen and oxygen atoms in total. The molecule has 0 heterocycles. The molecule has 286 valence electrons. The van der Waals surface area contributed by atoms with Crippen molar-refractivity contribution in [2.24, 2.45) is 0 Å². The fourth-order valence-electron chi connectivity index (χ4n) is 9.01. The minimum absolute atomic E-state index is 1.09. The molecule has 0 aliphatic rings. The summed E-state index contributed by atoms with van der Waals surface area (Å²) in [6.07, 6.45) is 0. The second-order valence-electron chi connectivity index (χ2n) is 15.7. The highest BCUT2D eigenvalue weighted by Crippen LogP contribution is 2.45. The standard InChI is InChI=1S/C60H41N/c1-4-14-42(15-5-1)43-24-26-44(27-25-43)45-30-34-51(35-31-45)61(60-23-13-12-22-55(60)46-16-6-2-7-17-46)52-36-39-54(59(41-52)47-18-8-3-9-19-47)50-29-28-49-33-37-56-53-21-11-10-20-48(53)32-38-57(56)58(49)40-50/h1-41H. The number of benzene rings is 11. The minimum Gasteiger partial charge on any atom is -0.310 e. The monoisotopic (exact) mass is 775 g/mol. The Morgan fingerprint density at radius 1 is 0.213 bits per heavy atom. The molecule has 0 saturated carbocycles. The van der Waals surface area contributed by atoms with E-state index in [1.54, 1.807) is 0 Å². The summed E-state index contributed by atoms with van der Waals surface area (Å²) in [5.41, 5.74) is 15.2. The van der Waals surface area contributed by atoms with Crippen molar-refractivity contribution in [3.63, 3.8) is 0 Å². The summed E-state index contributed by atoms with van der Waals surface area (Å²) >= 11 is 0. The number of anilines is 3. The molecule has 0 N–H and O–H groups in total. The third-order valence-electron chi connectivity index (χ3n) is 12.1. The zero-order valence-electron chi connectivity index (χ0n) is 33.6. The lowest BCUT2D eigenvalue weighted by atomic mass is 9.90. The molecule has 0 fully saturated rings. The lowest BCUT2D eigenvalue weighted by Gasteiger charge is -2.29. The number of nitrogens with zero attached hydrogens (tertiary/aromatic N) is 1. The van der Waals surface area contributed by atoms with Crippen molar-refractivity contribution < 1.29 is 0 Å². The van der Waals surface area contributed by atoms with Crippen molar-refractivity contribution in [1.82, 2.24) is 0 Å². The van der Waals surface area contributed by atoms with Crippen LogP contribution in [0.1, 0.15) is 0 Å². The number of fused-ring (bicyclic) bond motifs is 5. The summed E-state index contributed by atoms with van der Waals surface area (Å²) in [5, 5.41) is 7.60. The van der Waals surface area contributed by atoms with Gasteiger partial charge < -0.3 is 4.90 Å². The summed E-state index contributed by atoms with van der Waals surface area (Å²) in [6, 6.07) is 90.5. The molecule has 0 saturated heterocycles. The highest BCUT2D eigenvalue weighted by molar-refractivity contribution is 6.18. The largest absolute Gasteiger partial charge is 0.310 e. The van der Waals surface area contributed by atoms with E-state index in [0.29, 0.717) is 0 Å². The zero-order chi connectivity index (χ0) is 40.5. The molecule has 0 unspecified atom stereocenters. The molecule has 11 aromatic carbocycles. The van der Waals surface area contributed by atoms with E-state index in [-0.39, 0.29) is 0 Å². The van der Waals surface area contributed by atoms with E-state index in [4.69, 9.17) is 0 Å². The quantitative estimate of drug-likeness (QED) is 0.139. The SMILES string of the molecule is c1ccc(-c2ccc(-c3ccc(N(c4ccc(-c5ccc6ccc7c8ccccc8ccc7c6c5)c(-c5ccccc5)c4)c4ccccc4-c4ccccc4)cc3)cc2)cc1. The molecule has 11 rings (SSSR count). The van der Waals surface area contributed by atoms with Crippen molar-refractivity contribution in [2.75, 3.05) is 4.90 Å². The van der Waals surface area contributed by atoms with E-state index >= 15 is 0 Å². The summed E-state index contributed by atoms with van der Waals surface area (Å²) in [7, 11) is 0. The predicted molar refractivity (Wildman–Crippen MR) is 261 cm³/mol. The highest BCUT2D eigenvalue weighted by Gasteiger charge is 2.20. The van der Waals surface area contributed by atoms with Gasteiger partial charge in [-0.05, 0) is 119 Å².